The summed E-state index contributed by atoms with van der Waals surface area (Å²) < 4.78 is 40.9. The third-order valence-electron chi connectivity index (χ3n) is 7.53. The number of hydrogen-bond acceptors (Lipinski definition) is 5. The number of carbonyl (C=O) groups is 1. The van der Waals surface area contributed by atoms with E-state index >= 15 is 0 Å². The Balaban J connectivity index is 1.27. The monoisotopic (exact) mass is 470 g/mol. The molecule has 0 unspecified atom stereocenters. The number of ether oxygens (including phenoxy) is 1. The van der Waals surface area contributed by atoms with Crippen molar-refractivity contribution in [3.63, 3.8) is 0 Å². The van der Waals surface area contributed by atoms with Gasteiger partial charge in [-0.3, -0.25) is 9.48 Å². The van der Waals surface area contributed by atoms with Gasteiger partial charge in [-0.25, -0.2) is 8.78 Å². The molecule has 1 aromatic carbocycles. The van der Waals surface area contributed by atoms with Crippen LogP contribution in [0, 0.1) is 5.92 Å². The van der Waals surface area contributed by atoms with Crippen molar-refractivity contribution in [2.75, 3.05) is 23.4 Å². The number of anilines is 2. The first-order valence-corrected chi connectivity index (χ1v) is 12.1. The van der Waals surface area contributed by atoms with Crippen LogP contribution in [0.2, 0.25) is 0 Å². The van der Waals surface area contributed by atoms with E-state index < -0.39 is 18.0 Å². The maximum Gasteiger partial charge on any atom is 0.284 e. The summed E-state index contributed by atoms with van der Waals surface area (Å²) >= 11 is 0. The number of benzene rings is 1. The van der Waals surface area contributed by atoms with Gasteiger partial charge in [0.2, 0.25) is 0 Å². The molecule has 7 nitrogen and oxygen atoms in total. The average molecular weight is 471 g/mol. The lowest BCUT2D eigenvalue weighted by atomic mass is 9.87. The fourth-order valence-electron chi connectivity index (χ4n) is 5.59. The molecule has 2 bridgehead atoms. The molecule has 1 saturated carbocycles. The molecule has 3 fully saturated rings. The summed E-state index contributed by atoms with van der Waals surface area (Å²) in [7, 11) is 0. The first-order valence-electron chi connectivity index (χ1n) is 12.1. The number of rotatable bonds is 5. The fraction of sp³-hybridized carbons (Fsp3) is 0.520. The van der Waals surface area contributed by atoms with Crippen molar-refractivity contribution in [3.8, 4) is 0 Å². The highest BCUT2D eigenvalue weighted by atomic mass is 19.3. The SMILES string of the molecule is CC1CCC(n2cc(NC(=O)c3cccc4cc(N5C[C@@H]6C[C@H]5CO6)oc34)c(C(F)F)n2)CC1. The molecule has 2 aliphatic heterocycles. The number of morpholine rings is 1. The Hall–Kier alpha value is -2.94. The number of carbonyl (C=O) groups excluding carboxylic acids is 1. The highest BCUT2D eigenvalue weighted by Gasteiger charge is 2.40. The van der Waals surface area contributed by atoms with E-state index in [4.69, 9.17) is 9.15 Å². The van der Waals surface area contributed by atoms with Crippen LogP contribution in [-0.2, 0) is 4.74 Å². The van der Waals surface area contributed by atoms with Crippen molar-refractivity contribution >= 4 is 28.4 Å². The maximum absolute atomic E-state index is 13.8. The Morgan fingerprint density at radius 1 is 1.21 bits per heavy atom. The molecule has 1 amide bonds. The molecule has 3 aromatic rings. The van der Waals surface area contributed by atoms with Crippen molar-refractivity contribution < 1.29 is 22.7 Å². The summed E-state index contributed by atoms with van der Waals surface area (Å²) in [5.41, 5.74) is 0.415. The highest BCUT2D eigenvalue weighted by molar-refractivity contribution is 6.12. The Morgan fingerprint density at radius 2 is 2.03 bits per heavy atom. The van der Waals surface area contributed by atoms with E-state index in [1.807, 2.05) is 12.1 Å². The Bertz CT molecular complexity index is 1210. The number of amides is 1. The summed E-state index contributed by atoms with van der Waals surface area (Å²) in [4.78, 5) is 15.4. The van der Waals surface area contributed by atoms with Gasteiger partial charge in [-0.1, -0.05) is 19.1 Å². The number of aromatic nitrogens is 2. The van der Waals surface area contributed by atoms with Gasteiger partial charge in [0.1, 0.15) is 5.58 Å². The standard InChI is InChI=1S/C25H28F2N4O3/c1-14-5-7-16(8-6-14)31-12-20(22(29-31)24(26)27)28-25(32)19-4-2-3-15-9-21(34-23(15)19)30-11-18-10-17(30)13-33-18/h2-4,9,12,14,16-18,24H,5-8,10-11,13H2,1H3,(H,28,32)/t14?,16?,17-,18-/m0/s1. The second kappa shape index (κ2) is 8.37. The van der Waals surface area contributed by atoms with Crippen LogP contribution < -0.4 is 10.2 Å². The zero-order valence-corrected chi connectivity index (χ0v) is 19.0. The molecule has 1 N–H and O–H groups in total. The minimum absolute atomic E-state index is 0.0522. The maximum atomic E-state index is 13.8. The number of nitrogens with one attached hydrogen (secondary N) is 1. The molecular weight excluding hydrogens is 442 g/mol. The summed E-state index contributed by atoms with van der Waals surface area (Å²) in [6.45, 7) is 3.65. The minimum Gasteiger partial charge on any atom is -0.440 e. The summed E-state index contributed by atoms with van der Waals surface area (Å²) in [5.74, 6) is 0.859. The van der Waals surface area contributed by atoms with Crippen molar-refractivity contribution in [3.05, 3.63) is 41.7 Å². The minimum atomic E-state index is -2.78. The predicted octanol–water partition coefficient (Wildman–Crippen LogP) is 5.55. The number of alkyl halides is 2. The van der Waals surface area contributed by atoms with Crippen LogP contribution in [0.4, 0.5) is 20.4 Å². The van der Waals surface area contributed by atoms with E-state index in [1.165, 1.54) is 0 Å². The van der Waals surface area contributed by atoms with Crippen LogP contribution >= 0.6 is 0 Å². The Morgan fingerprint density at radius 3 is 2.74 bits per heavy atom. The van der Waals surface area contributed by atoms with Gasteiger partial charge in [0.05, 0.1) is 36.0 Å². The van der Waals surface area contributed by atoms with E-state index in [-0.39, 0.29) is 23.9 Å². The highest BCUT2D eigenvalue weighted by Crippen LogP contribution is 2.38. The molecule has 180 valence electrons. The third kappa shape index (κ3) is 3.76. The van der Waals surface area contributed by atoms with Gasteiger partial charge in [-0.2, -0.15) is 5.10 Å². The number of nitrogens with zero attached hydrogens (tertiary/aromatic N) is 3. The lowest BCUT2D eigenvalue weighted by Gasteiger charge is -2.26. The van der Waals surface area contributed by atoms with E-state index in [0.29, 0.717) is 29.6 Å². The fourth-order valence-corrected chi connectivity index (χ4v) is 5.59. The molecule has 6 rings (SSSR count). The number of fused-ring (bicyclic) bond motifs is 3. The number of halogens is 2. The first kappa shape index (κ1) is 21.6. The number of para-hydroxylation sites is 1. The largest absolute Gasteiger partial charge is 0.440 e. The van der Waals surface area contributed by atoms with E-state index in [1.54, 1.807) is 23.0 Å². The third-order valence-corrected chi connectivity index (χ3v) is 7.53. The van der Waals surface area contributed by atoms with Crippen LogP contribution in [-0.4, -0.2) is 41.0 Å². The van der Waals surface area contributed by atoms with Crippen LogP contribution in [0.5, 0.6) is 0 Å². The topological polar surface area (TPSA) is 72.5 Å². The molecule has 2 atom stereocenters. The molecule has 34 heavy (non-hydrogen) atoms. The zero-order valence-electron chi connectivity index (χ0n) is 19.0. The molecule has 9 heteroatoms. The van der Waals surface area contributed by atoms with Gasteiger partial charge in [-0.05, 0) is 44.1 Å². The molecular formula is C25H28F2N4O3. The molecule has 2 aromatic heterocycles. The van der Waals surface area contributed by atoms with Crippen LogP contribution in [0.15, 0.2) is 34.9 Å². The molecule has 0 spiro atoms. The van der Waals surface area contributed by atoms with Gasteiger partial charge in [0.25, 0.3) is 12.3 Å². The van der Waals surface area contributed by atoms with E-state index in [0.717, 1.165) is 44.0 Å². The van der Waals surface area contributed by atoms with E-state index in [2.05, 4.69) is 22.2 Å². The quantitative estimate of drug-likeness (QED) is 0.530. The average Bonchev–Trinajstić information content (AvgIpc) is 3.61. The second-order valence-electron chi connectivity index (χ2n) is 9.88. The number of furan rings is 1. The van der Waals surface area contributed by atoms with Crippen LogP contribution in [0.3, 0.4) is 0 Å². The lowest BCUT2D eigenvalue weighted by molar-refractivity contribution is 0.0977. The van der Waals surface area contributed by atoms with E-state index in [9.17, 15) is 13.6 Å². The normalized spacial score (nSPS) is 26.6. The van der Waals surface area contributed by atoms with Gasteiger partial charge in [0, 0.05) is 24.2 Å². The van der Waals surface area contributed by atoms with Crippen molar-refractivity contribution in [1.29, 1.82) is 0 Å². The smallest absolute Gasteiger partial charge is 0.284 e. The Kier molecular flexibility index (Phi) is 5.32. The number of hydrogen-bond donors (Lipinski definition) is 1. The van der Waals surface area contributed by atoms with Crippen molar-refractivity contribution in [2.24, 2.45) is 5.92 Å². The molecule has 1 aliphatic carbocycles. The van der Waals surface area contributed by atoms with Gasteiger partial charge in [0.15, 0.2) is 11.6 Å². The van der Waals surface area contributed by atoms with Gasteiger partial charge < -0.3 is 19.4 Å². The first-order chi connectivity index (χ1) is 16.5. The van der Waals surface area contributed by atoms with Crippen molar-refractivity contribution in [1.82, 2.24) is 9.78 Å². The van der Waals surface area contributed by atoms with Crippen LogP contribution in [0.25, 0.3) is 11.0 Å². The van der Waals surface area contributed by atoms with Crippen molar-refractivity contribution in [2.45, 2.75) is 63.6 Å². The molecule has 4 heterocycles. The summed E-state index contributed by atoms with van der Waals surface area (Å²) in [6, 6.07) is 7.60. The summed E-state index contributed by atoms with van der Waals surface area (Å²) in [6.07, 6.45) is 3.86. The lowest BCUT2D eigenvalue weighted by Crippen LogP contribution is -2.36. The molecule has 0 radical (unpaired) electrons. The summed E-state index contributed by atoms with van der Waals surface area (Å²) in [5, 5.41) is 7.63. The van der Waals surface area contributed by atoms with Gasteiger partial charge in [-0.15, -0.1) is 0 Å². The van der Waals surface area contributed by atoms with Crippen LogP contribution in [0.1, 0.15) is 67.5 Å². The zero-order chi connectivity index (χ0) is 23.4. The molecule has 3 aliphatic rings. The Labute approximate surface area is 196 Å². The molecule has 2 saturated heterocycles. The second-order valence-corrected chi connectivity index (χ2v) is 9.88. The van der Waals surface area contributed by atoms with Gasteiger partial charge >= 0.3 is 0 Å². The predicted molar refractivity (Wildman–Crippen MR) is 124 cm³/mol.